The zero-order valence-electron chi connectivity index (χ0n) is 12.1. The predicted molar refractivity (Wildman–Crippen MR) is 89.9 cm³/mol. The average Bonchev–Trinajstić information content (AvgIpc) is 2.45. The summed E-state index contributed by atoms with van der Waals surface area (Å²) >= 11 is 7.76. The van der Waals surface area contributed by atoms with E-state index in [1.165, 1.54) is 17.4 Å². The fraction of sp³-hybridized carbons (Fsp3) is 0.235. The molecule has 4 heteroatoms. The summed E-state index contributed by atoms with van der Waals surface area (Å²) in [6, 6.07) is 16.0. The van der Waals surface area contributed by atoms with Crippen molar-refractivity contribution in [2.24, 2.45) is 0 Å². The van der Waals surface area contributed by atoms with Crippen LogP contribution >= 0.6 is 23.4 Å². The average molecular weight is 320 g/mol. The van der Waals surface area contributed by atoms with Crippen molar-refractivity contribution >= 4 is 29.3 Å². The minimum Gasteiger partial charge on any atom is -0.349 e. The maximum atomic E-state index is 11.4. The molecule has 21 heavy (non-hydrogen) atoms. The largest absolute Gasteiger partial charge is 0.349 e. The van der Waals surface area contributed by atoms with E-state index in [1.807, 2.05) is 24.3 Å². The van der Waals surface area contributed by atoms with E-state index in [2.05, 4.69) is 36.5 Å². The molecule has 0 saturated heterocycles. The number of halogens is 1. The lowest BCUT2D eigenvalue weighted by Gasteiger charge is -2.18. The lowest BCUT2D eigenvalue weighted by atomic mass is 10.1. The highest BCUT2D eigenvalue weighted by atomic mass is 35.5. The van der Waals surface area contributed by atoms with E-state index in [1.54, 1.807) is 11.8 Å². The summed E-state index contributed by atoms with van der Waals surface area (Å²) in [5, 5.41) is 3.67. The second-order valence-electron chi connectivity index (χ2n) is 4.93. The fourth-order valence-electron chi connectivity index (χ4n) is 2.00. The first-order valence-electron chi connectivity index (χ1n) is 6.76. The summed E-state index contributed by atoms with van der Waals surface area (Å²) in [6.45, 7) is 3.61. The van der Waals surface area contributed by atoms with Gasteiger partial charge in [0.15, 0.2) is 0 Å². The molecule has 2 rings (SSSR count). The molecule has 0 fully saturated rings. The number of hydrogen-bond acceptors (Lipinski definition) is 2. The molecule has 0 bridgehead atoms. The van der Waals surface area contributed by atoms with E-state index in [0.29, 0.717) is 5.02 Å². The molecule has 0 aliphatic carbocycles. The molecule has 1 N–H and O–H groups in total. The van der Waals surface area contributed by atoms with Crippen molar-refractivity contribution in [1.29, 1.82) is 0 Å². The molecule has 2 aromatic rings. The van der Waals surface area contributed by atoms with Crippen molar-refractivity contribution in [1.82, 2.24) is 5.32 Å². The second kappa shape index (κ2) is 7.53. The molecule has 1 atom stereocenters. The van der Waals surface area contributed by atoms with Gasteiger partial charge in [-0.15, -0.1) is 11.8 Å². The molecule has 0 saturated carbocycles. The second-order valence-corrected chi connectivity index (χ2v) is 6.46. The fourth-order valence-corrected chi connectivity index (χ4v) is 3.17. The van der Waals surface area contributed by atoms with Gasteiger partial charge in [-0.05, 0) is 36.8 Å². The first-order chi connectivity index (χ1) is 10.0. The molecule has 2 nitrogen and oxygen atoms in total. The Kier molecular flexibility index (Phi) is 5.71. The van der Waals surface area contributed by atoms with Gasteiger partial charge in [0, 0.05) is 22.6 Å². The SMILES string of the molecule is CC(=O)NC(CSc1ccc(C)cc1)c1cccc(Cl)c1. The molecule has 1 unspecified atom stereocenters. The summed E-state index contributed by atoms with van der Waals surface area (Å²) in [7, 11) is 0. The van der Waals surface area contributed by atoms with Gasteiger partial charge >= 0.3 is 0 Å². The van der Waals surface area contributed by atoms with Crippen LogP contribution < -0.4 is 5.32 Å². The molecular formula is C17H18ClNOS. The van der Waals surface area contributed by atoms with Crippen molar-refractivity contribution in [3.05, 3.63) is 64.7 Å². The summed E-state index contributed by atoms with van der Waals surface area (Å²) < 4.78 is 0. The third kappa shape index (κ3) is 5.10. The van der Waals surface area contributed by atoms with Gasteiger partial charge in [-0.3, -0.25) is 4.79 Å². The molecule has 0 aromatic heterocycles. The van der Waals surface area contributed by atoms with Gasteiger partial charge in [0.25, 0.3) is 0 Å². The maximum absolute atomic E-state index is 11.4. The van der Waals surface area contributed by atoms with Crippen LogP contribution in [-0.4, -0.2) is 11.7 Å². The minimum atomic E-state index is -0.0486. The molecule has 0 radical (unpaired) electrons. The number of amides is 1. The Morgan fingerprint density at radius 2 is 1.95 bits per heavy atom. The van der Waals surface area contributed by atoms with Crippen LogP contribution in [0, 0.1) is 6.92 Å². The van der Waals surface area contributed by atoms with Crippen LogP contribution in [0.4, 0.5) is 0 Å². The molecule has 1 amide bonds. The summed E-state index contributed by atoms with van der Waals surface area (Å²) in [4.78, 5) is 12.6. The van der Waals surface area contributed by atoms with Crippen molar-refractivity contribution < 1.29 is 4.79 Å². The lowest BCUT2D eigenvalue weighted by molar-refractivity contribution is -0.119. The number of carbonyl (C=O) groups is 1. The number of aryl methyl sites for hydroxylation is 1. The van der Waals surface area contributed by atoms with E-state index >= 15 is 0 Å². The molecule has 110 valence electrons. The van der Waals surface area contributed by atoms with E-state index in [9.17, 15) is 4.79 Å². The van der Waals surface area contributed by atoms with Gasteiger partial charge in [0.05, 0.1) is 6.04 Å². The van der Waals surface area contributed by atoms with Crippen LogP contribution in [0.25, 0.3) is 0 Å². The Morgan fingerprint density at radius 1 is 1.24 bits per heavy atom. The number of thioether (sulfide) groups is 1. The molecule has 0 spiro atoms. The zero-order valence-corrected chi connectivity index (χ0v) is 13.7. The quantitative estimate of drug-likeness (QED) is 0.815. The summed E-state index contributed by atoms with van der Waals surface area (Å²) in [6.07, 6.45) is 0. The number of nitrogens with one attached hydrogen (secondary N) is 1. The predicted octanol–water partition coefficient (Wildman–Crippen LogP) is 4.62. The van der Waals surface area contributed by atoms with Gasteiger partial charge < -0.3 is 5.32 Å². The van der Waals surface area contributed by atoms with Gasteiger partial charge in [-0.25, -0.2) is 0 Å². The number of hydrogen-bond donors (Lipinski definition) is 1. The van der Waals surface area contributed by atoms with Crippen molar-refractivity contribution in [3.8, 4) is 0 Å². The minimum absolute atomic E-state index is 0.0375. The van der Waals surface area contributed by atoms with Crippen molar-refractivity contribution in [2.45, 2.75) is 24.8 Å². The Bertz CT molecular complexity index is 612. The Balaban J connectivity index is 2.09. The van der Waals surface area contributed by atoms with E-state index in [-0.39, 0.29) is 11.9 Å². The summed E-state index contributed by atoms with van der Waals surface area (Å²) in [5.41, 5.74) is 2.27. The van der Waals surface area contributed by atoms with Gasteiger partial charge in [-0.2, -0.15) is 0 Å². The first kappa shape index (κ1) is 15.9. The maximum Gasteiger partial charge on any atom is 0.217 e. The van der Waals surface area contributed by atoms with Crippen LogP contribution in [0.15, 0.2) is 53.4 Å². The van der Waals surface area contributed by atoms with E-state index < -0.39 is 0 Å². The van der Waals surface area contributed by atoms with Crippen LogP contribution in [0.1, 0.15) is 24.1 Å². The highest BCUT2D eigenvalue weighted by Crippen LogP contribution is 2.26. The zero-order chi connectivity index (χ0) is 15.2. The van der Waals surface area contributed by atoms with Gasteiger partial charge in [0.1, 0.15) is 0 Å². The van der Waals surface area contributed by atoms with E-state index in [4.69, 9.17) is 11.6 Å². The number of carbonyl (C=O) groups excluding carboxylic acids is 1. The van der Waals surface area contributed by atoms with Crippen LogP contribution in [0.3, 0.4) is 0 Å². The van der Waals surface area contributed by atoms with E-state index in [0.717, 1.165) is 11.3 Å². The van der Waals surface area contributed by atoms with Gasteiger partial charge in [0.2, 0.25) is 5.91 Å². The third-order valence-electron chi connectivity index (χ3n) is 3.07. The third-order valence-corrected chi connectivity index (χ3v) is 4.41. The Labute approximate surface area is 134 Å². The highest BCUT2D eigenvalue weighted by molar-refractivity contribution is 7.99. The van der Waals surface area contributed by atoms with Crippen LogP contribution in [0.2, 0.25) is 5.02 Å². The number of rotatable bonds is 5. The number of benzene rings is 2. The Morgan fingerprint density at radius 3 is 2.57 bits per heavy atom. The normalized spacial score (nSPS) is 12.0. The molecule has 0 aliphatic heterocycles. The topological polar surface area (TPSA) is 29.1 Å². The van der Waals surface area contributed by atoms with Crippen LogP contribution in [-0.2, 0) is 4.79 Å². The smallest absolute Gasteiger partial charge is 0.217 e. The molecule has 0 heterocycles. The summed E-state index contributed by atoms with van der Waals surface area (Å²) in [5.74, 6) is 0.729. The monoisotopic (exact) mass is 319 g/mol. The lowest BCUT2D eigenvalue weighted by Crippen LogP contribution is -2.27. The first-order valence-corrected chi connectivity index (χ1v) is 8.13. The molecular weight excluding hydrogens is 302 g/mol. The highest BCUT2D eigenvalue weighted by Gasteiger charge is 2.13. The Hall–Kier alpha value is -1.45. The molecule has 2 aromatic carbocycles. The molecule has 0 aliphatic rings. The van der Waals surface area contributed by atoms with Crippen molar-refractivity contribution in [2.75, 3.05) is 5.75 Å². The van der Waals surface area contributed by atoms with Crippen molar-refractivity contribution in [3.63, 3.8) is 0 Å². The van der Waals surface area contributed by atoms with Gasteiger partial charge in [-0.1, -0.05) is 41.4 Å². The standard InChI is InChI=1S/C17H18ClNOS/c1-12-6-8-16(9-7-12)21-11-17(19-13(2)20)14-4-3-5-15(18)10-14/h3-10,17H,11H2,1-2H3,(H,19,20). The van der Waals surface area contributed by atoms with Crippen LogP contribution in [0.5, 0.6) is 0 Å².